The van der Waals surface area contributed by atoms with Gasteiger partial charge in [0.1, 0.15) is 5.75 Å². The van der Waals surface area contributed by atoms with Crippen molar-refractivity contribution in [2.45, 2.75) is 19.9 Å². The van der Waals surface area contributed by atoms with Crippen LogP contribution in [-0.4, -0.2) is 49.0 Å². The van der Waals surface area contributed by atoms with Gasteiger partial charge in [-0.2, -0.15) is 4.31 Å². The Morgan fingerprint density at radius 1 is 1.50 bits per heavy atom. The van der Waals surface area contributed by atoms with Gasteiger partial charge in [-0.15, -0.1) is 0 Å². The summed E-state index contributed by atoms with van der Waals surface area (Å²) in [5.41, 5.74) is 5.15. The van der Waals surface area contributed by atoms with Gasteiger partial charge in [-0.1, -0.05) is 12.2 Å². The van der Waals surface area contributed by atoms with Gasteiger partial charge in [-0.05, 0) is 13.8 Å². The zero-order chi connectivity index (χ0) is 12.9. The highest BCUT2D eigenvalue weighted by atomic mass is 32.2. The van der Waals surface area contributed by atoms with Crippen LogP contribution in [0.25, 0.3) is 0 Å². The second-order valence-electron chi connectivity index (χ2n) is 3.70. The van der Waals surface area contributed by atoms with E-state index in [4.69, 9.17) is 5.73 Å². The Kier molecular flexibility index (Phi) is 5.84. The molecule has 0 aliphatic rings. The quantitative estimate of drug-likeness (QED) is 0.606. The number of amides is 1. The molecule has 16 heavy (non-hydrogen) atoms. The predicted octanol–water partition coefficient (Wildman–Crippen LogP) is -0.941. The zero-order valence-corrected chi connectivity index (χ0v) is 11.2. The topological polar surface area (TPSA) is 92.5 Å². The summed E-state index contributed by atoms with van der Waals surface area (Å²) in [6.07, 6.45) is 0. The van der Waals surface area contributed by atoms with Crippen LogP contribution in [0.15, 0.2) is 0 Å². The fourth-order valence-corrected chi connectivity index (χ4v) is 2.30. The second kappa shape index (κ2) is 6.12. The Balaban J connectivity index is 4.40. The number of carbonyl (C=O) groups excluding carboxylic acids is 1. The molecule has 0 rings (SSSR count). The molecule has 0 spiro atoms. The maximum atomic E-state index is 11.5. The fraction of sp³-hybridized carbons (Fsp3) is 0.750. The van der Waals surface area contributed by atoms with E-state index >= 15 is 0 Å². The van der Waals surface area contributed by atoms with Crippen LogP contribution in [0.1, 0.15) is 13.8 Å². The Bertz CT molecular complexity index is 365. The first-order chi connectivity index (χ1) is 7.15. The van der Waals surface area contributed by atoms with E-state index < -0.39 is 15.8 Å². The standard InChI is InChI=1S/C8H17N3O3S2/c1-6(2)10-8(12)4-11(3)16(13,14)5-7(9)15/h6H,4-5H2,1-3H3,(H2,9,15)(H,10,12). The van der Waals surface area contributed by atoms with Gasteiger partial charge in [0, 0.05) is 13.1 Å². The van der Waals surface area contributed by atoms with E-state index in [2.05, 4.69) is 17.5 Å². The molecule has 0 aromatic carbocycles. The number of carbonyl (C=O) groups is 1. The van der Waals surface area contributed by atoms with Crippen molar-refractivity contribution in [3.63, 3.8) is 0 Å². The Morgan fingerprint density at radius 2 is 2.00 bits per heavy atom. The molecular weight excluding hydrogens is 250 g/mol. The molecule has 0 radical (unpaired) electrons. The highest BCUT2D eigenvalue weighted by Gasteiger charge is 2.21. The van der Waals surface area contributed by atoms with Crippen molar-refractivity contribution < 1.29 is 13.2 Å². The summed E-state index contributed by atoms with van der Waals surface area (Å²) >= 11 is 4.52. The highest BCUT2D eigenvalue weighted by molar-refractivity contribution is 7.92. The normalized spacial score (nSPS) is 11.8. The maximum Gasteiger partial charge on any atom is 0.235 e. The first-order valence-corrected chi connectivity index (χ1v) is 6.68. The Labute approximate surface area is 101 Å². The van der Waals surface area contributed by atoms with E-state index in [9.17, 15) is 13.2 Å². The van der Waals surface area contributed by atoms with Crippen molar-refractivity contribution in [1.29, 1.82) is 0 Å². The van der Waals surface area contributed by atoms with Gasteiger partial charge in [-0.25, -0.2) is 8.42 Å². The molecular formula is C8H17N3O3S2. The van der Waals surface area contributed by atoms with E-state index in [1.54, 1.807) is 13.8 Å². The van der Waals surface area contributed by atoms with E-state index in [0.717, 1.165) is 4.31 Å². The summed E-state index contributed by atoms with van der Waals surface area (Å²) in [5, 5.41) is 2.59. The van der Waals surface area contributed by atoms with Crippen LogP contribution in [0.2, 0.25) is 0 Å². The molecule has 0 aromatic rings. The molecule has 0 bridgehead atoms. The van der Waals surface area contributed by atoms with E-state index in [1.165, 1.54) is 7.05 Å². The molecule has 0 atom stereocenters. The van der Waals surface area contributed by atoms with Gasteiger partial charge >= 0.3 is 0 Å². The van der Waals surface area contributed by atoms with Crippen LogP contribution in [-0.2, 0) is 14.8 Å². The number of nitrogens with two attached hydrogens (primary N) is 1. The molecule has 1 amide bonds. The highest BCUT2D eigenvalue weighted by Crippen LogP contribution is 1.97. The average molecular weight is 267 g/mol. The summed E-state index contributed by atoms with van der Waals surface area (Å²) in [6, 6.07) is -0.0285. The molecule has 0 heterocycles. The van der Waals surface area contributed by atoms with Gasteiger partial charge < -0.3 is 11.1 Å². The third-order valence-corrected chi connectivity index (χ3v) is 3.70. The van der Waals surface area contributed by atoms with E-state index in [1.807, 2.05) is 0 Å². The van der Waals surface area contributed by atoms with Crippen LogP contribution < -0.4 is 11.1 Å². The lowest BCUT2D eigenvalue weighted by molar-refractivity contribution is -0.121. The van der Waals surface area contributed by atoms with Gasteiger partial charge in [0.25, 0.3) is 0 Å². The first kappa shape index (κ1) is 15.3. The van der Waals surface area contributed by atoms with E-state index in [0.29, 0.717) is 0 Å². The molecule has 0 saturated carbocycles. The minimum Gasteiger partial charge on any atom is -0.392 e. The predicted molar refractivity (Wildman–Crippen MR) is 66.5 cm³/mol. The summed E-state index contributed by atoms with van der Waals surface area (Å²) in [5.74, 6) is -0.780. The third kappa shape index (κ3) is 5.99. The first-order valence-electron chi connectivity index (χ1n) is 4.67. The average Bonchev–Trinajstić information content (AvgIpc) is 1.98. The smallest absolute Gasteiger partial charge is 0.235 e. The zero-order valence-electron chi connectivity index (χ0n) is 9.56. The third-order valence-electron chi connectivity index (χ3n) is 1.62. The van der Waals surface area contributed by atoms with Crippen LogP contribution in [0.3, 0.4) is 0 Å². The number of likely N-dealkylation sites (N-methyl/N-ethyl adjacent to an activating group) is 1. The molecule has 8 heteroatoms. The number of rotatable bonds is 6. The van der Waals surface area contributed by atoms with Gasteiger partial charge in [0.2, 0.25) is 15.9 Å². The van der Waals surface area contributed by atoms with Crippen molar-refractivity contribution in [3.8, 4) is 0 Å². The van der Waals surface area contributed by atoms with Crippen LogP contribution in [0.5, 0.6) is 0 Å². The molecule has 0 aromatic heterocycles. The summed E-state index contributed by atoms with van der Waals surface area (Å²) < 4.78 is 24.0. The minimum absolute atomic E-state index is 0.0285. The molecule has 6 nitrogen and oxygen atoms in total. The van der Waals surface area contributed by atoms with Gasteiger partial charge in [0.15, 0.2) is 0 Å². The van der Waals surface area contributed by atoms with Crippen LogP contribution in [0.4, 0.5) is 0 Å². The largest absolute Gasteiger partial charge is 0.392 e. The summed E-state index contributed by atoms with van der Waals surface area (Å²) in [6.45, 7) is 3.35. The van der Waals surface area contributed by atoms with Gasteiger partial charge in [-0.3, -0.25) is 4.79 Å². The lowest BCUT2D eigenvalue weighted by Crippen LogP contribution is -2.42. The van der Waals surface area contributed by atoms with Crippen molar-refractivity contribution >= 4 is 33.1 Å². The number of hydrogen-bond acceptors (Lipinski definition) is 4. The molecule has 0 unspecified atom stereocenters. The van der Waals surface area contributed by atoms with Crippen molar-refractivity contribution in [3.05, 3.63) is 0 Å². The maximum absolute atomic E-state index is 11.5. The molecule has 3 N–H and O–H groups in total. The fourth-order valence-electron chi connectivity index (χ4n) is 0.958. The van der Waals surface area contributed by atoms with Crippen molar-refractivity contribution in [2.75, 3.05) is 19.3 Å². The van der Waals surface area contributed by atoms with Gasteiger partial charge in [0.05, 0.1) is 11.5 Å². The lowest BCUT2D eigenvalue weighted by Gasteiger charge is -2.17. The van der Waals surface area contributed by atoms with Crippen molar-refractivity contribution in [2.24, 2.45) is 5.73 Å². The Hall–Kier alpha value is -0.730. The number of nitrogens with zero attached hydrogens (tertiary/aromatic N) is 1. The van der Waals surface area contributed by atoms with Crippen LogP contribution in [0, 0.1) is 0 Å². The molecule has 0 aliphatic heterocycles. The number of thiocarbonyl (C=S) groups is 1. The molecule has 0 saturated heterocycles. The summed E-state index contributed by atoms with van der Waals surface area (Å²) in [4.78, 5) is 11.2. The van der Waals surface area contributed by atoms with Crippen molar-refractivity contribution in [1.82, 2.24) is 9.62 Å². The molecule has 94 valence electrons. The second-order valence-corrected chi connectivity index (χ2v) is 6.30. The van der Waals surface area contributed by atoms with E-state index in [-0.39, 0.29) is 23.5 Å². The molecule has 0 aliphatic carbocycles. The monoisotopic (exact) mass is 267 g/mol. The lowest BCUT2D eigenvalue weighted by atomic mass is 10.4. The van der Waals surface area contributed by atoms with Crippen LogP contribution >= 0.6 is 12.2 Å². The minimum atomic E-state index is -3.58. The number of hydrogen-bond donors (Lipinski definition) is 2. The summed E-state index contributed by atoms with van der Waals surface area (Å²) in [7, 11) is -2.27. The Morgan fingerprint density at radius 3 is 2.38 bits per heavy atom. The SMILES string of the molecule is CC(C)NC(=O)CN(C)S(=O)(=O)CC(N)=S. The number of nitrogens with one attached hydrogen (secondary N) is 1. The molecule has 0 fully saturated rings. The number of sulfonamides is 1.